The highest BCUT2D eigenvalue weighted by Gasteiger charge is 2.54. The Hall–Kier alpha value is -2.35. The first-order valence-corrected chi connectivity index (χ1v) is 11.1. The Balaban J connectivity index is 2.38. The van der Waals surface area contributed by atoms with Crippen molar-refractivity contribution in [2.45, 2.75) is 65.4 Å². The zero-order chi connectivity index (χ0) is 23.4. The predicted molar refractivity (Wildman–Crippen MR) is 121 cm³/mol. The number of ether oxygens (including phenoxy) is 3. The van der Waals surface area contributed by atoms with Crippen LogP contribution in [0.25, 0.3) is 0 Å². The molecule has 170 valence electrons. The Kier molecular flexibility index (Phi) is 7.92. The van der Waals surface area contributed by atoms with E-state index in [2.05, 4.69) is 21.2 Å². The average molecular weight is 496 g/mol. The zero-order valence-corrected chi connectivity index (χ0v) is 20.5. The van der Waals surface area contributed by atoms with Crippen molar-refractivity contribution in [2.75, 3.05) is 18.5 Å². The van der Waals surface area contributed by atoms with Crippen LogP contribution in [0.1, 0.15) is 58.6 Å². The molecule has 0 atom stereocenters. The third-order valence-electron chi connectivity index (χ3n) is 4.80. The van der Waals surface area contributed by atoms with Crippen LogP contribution in [0.2, 0.25) is 0 Å². The van der Waals surface area contributed by atoms with Crippen LogP contribution in [0, 0.1) is 6.92 Å². The van der Waals surface area contributed by atoms with Crippen LogP contribution in [0.15, 0.2) is 28.4 Å². The number of esters is 3. The van der Waals surface area contributed by atoms with Gasteiger partial charge in [0.2, 0.25) is 0 Å². The lowest BCUT2D eigenvalue weighted by Gasteiger charge is -2.25. The van der Waals surface area contributed by atoms with Crippen LogP contribution in [-0.4, -0.2) is 36.7 Å². The first kappa shape index (κ1) is 24.9. The van der Waals surface area contributed by atoms with Crippen molar-refractivity contribution in [2.24, 2.45) is 0 Å². The number of halogens is 1. The summed E-state index contributed by atoms with van der Waals surface area (Å²) >= 11 is 3.55. The molecule has 0 bridgehead atoms. The van der Waals surface area contributed by atoms with Gasteiger partial charge in [0.05, 0.1) is 18.6 Å². The Labute approximate surface area is 191 Å². The van der Waals surface area contributed by atoms with E-state index < -0.39 is 23.0 Å². The van der Waals surface area contributed by atoms with Crippen LogP contribution in [0.4, 0.5) is 5.69 Å². The number of nitrogens with one attached hydrogen (secondary N) is 1. The highest BCUT2D eigenvalue weighted by atomic mass is 79.9. The van der Waals surface area contributed by atoms with Gasteiger partial charge in [0.1, 0.15) is 5.60 Å². The number of hydrogen-bond donors (Lipinski definition) is 1. The second-order valence-electron chi connectivity index (χ2n) is 8.36. The fraction of sp³-hybridized carbons (Fsp3) is 0.522. The third-order valence-corrected chi connectivity index (χ3v) is 5.62. The Morgan fingerprint density at radius 3 is 2.10 bits per heavy atom. The first-order chi connectivity index (χ1) is 14.4. The molecule has 1 aromatic carbocycles. The van der Waals surface area contributed by atoms with Gasteiger partial charge in [-0.3, -0.25) is 4.79 Å². The number of benzene rings is 1. The van der Waals surface area contributed by atoms with Crippen molar-refractivity contribution in [1.29, 1.82) is 0 Å². The van der Waals surface area contributed by atoms with Gasteiger partial charge in [-0.15, -0.1) is 0 Å². The van der Waals surface area contributed by atoms with Gasteiger partial charge in [-0.25, -0.2) is 9.59 Å². The molecule has 0 radical (unpaired) electrons. The molecule has 0 spiro atoms. The topological polar surface area (TPSA) is 90.9 Å². The van der Waals surface area contributed by atoms with E-state index in [0.29, 0.717) is 18.5 Å². The lowest BCUT2D eigenvalue weighted by molar-refractivity contribution is -0.158. The largest absolute Gasteiger partial charge is 0.462 e. The highest BCUT2D eigenvalue weighted by Crippen LogP contribution is 2.51. The second kappa shape index (κ2) is 9.85. The molecular formula is C23H30BrNO6. The number of carbonyl (C=O) groups is 3. The smallest absolute Gasteiger partial charge is 0.347 e. The van der Waals surface area contributed by atoms with E-state index in [0.717, 1.165) is 15.6 Å². The van der Waals surface area contributed by atoms with E-state index in [1.54, 1.807) is 13.8 Å². The van der Waals surface area contributed by atoms with Crippen LogP contribution in [0.3, 0.4) is 0 Å². The molecule has 7 nitrogen and oxygen atoms in total. The van der Waals surface area contributed by atoms with E-state index in [1.165, 1.54) is 6.20 Å². The second-order valence-corrected chi connectivity index (χ2v) is 9.21. The fourth-order valence-electron chi connectivity index (χ4n) is 2.99. The summed E-state index contributed by atoms with van der Waals surface area (Å²) in [6.07, 6.45) is 2.68. The van der Waals surface area contributed by atoms with Gasteiger partial charge < -0.3 is 19.5 Å². The van der Waals surface area contributed by atoms with Crippen LogP contribution in [0.5, 0.6) is 0 Å². The molecule has 1 aliphatic carbocycles. The molecule has 1 fully saturated rings. The number of carbonyl (C=O) groups excluding carboxylic acids is 3. The molecule has 1 aromatic rings. The summed E-state index contributed by atoms with van der Waals surface area (Å²) in [5, 5.41) is 3.01. The maximum Gasteiger partial charge on any atom is 0.347 e. The maximum atomic E-state index is 12.8. The van der Waals surface area contributed by atoms with Crippen LogP contribution < -0.4 is 5.32 Å². The van der Waals surface area contributed by atoms with Gasteiger partial charge in [-0.1, -0.05) is 15.9 Å². The van der Waals surface area contributed by atoms with Crippen molar-refractivity contribution in [1.82, 2.24) is 0 Å². The van der Waals surface area contributed by atoms with Crippen LogP contribution in [-0.2, 0) is 34.0 Å². The minimum atomic E-state index is -0.770. The van der Waals surface area contributed by atoms with E-state index in [9.17, 15) is 14.4 Å². The molecule has 0 aromatic heterocycles. The maximum absolute atomic E-state index is 12.8. The summed E-state index contributed by atoms with van der Waals surface area (Å²) in [6.45, 7) is 11.0. The SMILES string of the molecule is CCOC(=O)C(=CNc1cc(C2(C(=O)OC(C)(C)C)CC2)cc(Br)c1C)C(=O)OCC. The molecule has 31 heavy (non-hydrogen) atoms. The number of hydrogen-bond acceptors (Lipinski definition) is 7. The summed E-state index contributed by atoms with van der Waals surface area (Å²) in [5.41, 5.74) is 0.806. The van der Waals surface area contributed by atoms with Crippen molar-refractivity contribution in [3.8, 4) is 0 Å². The van der Waals surface area contributed by atoms with Crippen molar-refractivity contribution < 1.29 is 28.6 Å². The van der Waals surface area contributed by atoms with E-state index >= 15 is 0 Å². The quantitative estimate of drug-likeness (QED) is 0.186. The lowest BCUT2D eigenvalue weighted by Crippen LogP contribution is -2.32. The van der Waals surface area contributed by atoms with Crippen LogP contribution >= 0.6 is 15.9 Å². The molecule has 0 heterocycles. The Bertz CT molecular complexity index is 876. The average Bonchev–Trinajstić information content (AvgIpc) is 3.46. The first-order valence-electron chi connectivity index (χ1n) is 10.3. The fourth-order valence-corrected chi connectivity index (χ4v) is 3.45. The van der Waals surface area contributed by atoms with Crippen molar-refractivity contribution >= 4 is 39.5 Å². The molecule has 0 amide bonds. The highest BCUT2D eigenvalue weighted by molar-refractivity contribution is 9.10. The van der Waals surface area contributed by atoms with Crippen molar-refractivity contribution in [3.05, 3.63) is 39.5 Å². The summed E-state index contributed by atoms with van der Waals surface area (Å²) < 4.78 is 16.4. The number of anilines is 1. The Morgan fingerprint density at radius 2 is 1.65 bits per heavy atom. The summed E-state index contributed by atoms with van der Waals surface area (Å²) in [6, 6.07) is 3.76. The normalized spacial score (nSPS) is 14.3. The molecule has 8 heteroatoms. The Morgan fingerprint density at radius 1 is 1.10 bits per heavy atom. The summed E-state index contributed by atoms with van der Waals surface area (Å²) in [7, 11) is 0. The molecule has 1 N–H and O–H groups in total. The van der Waals surface area contributed by atoms with E-state index in [1.807, 2.05) is 39.8 Å². The van der Waals surface area contributed by atoms with Gasteiger partial charge in [-0.2, -0.15) is 0 Å². The molecule has 1 saturated carbocycles. The lowest BCUT2D eigenvalue weighted by atomic mass is 9.94. The minimum Gasteiger partial charge on any atom is -0.462 e. The number of rotatable bonds is 8. The molecular weight excluding hydrogens is 466 g/mol. The van der Waals surface area contributed by atoms with Crippen molar-refractivity contribution in [3.63, 3.8) is 0 Å². The standard InChI is InChI=1S/C23H30BrNO6/c1-7-29-19(26)16(20(27)30-8-2)13-25-18-12-15(11-17(24)14(18)3)23(9-10-23)21(28)31-22(4,5)6/h11-13,25H,7-10H2,1-6H3. The van der Waals surface area contributed by atoms with Gasteiger partial charge in [0, 0.05) is 16.4 Å². The summed E-state index contributed by atoms with van der Waals surface area (Å²) in [4.78, 5) is 37.2. The molecule has 0 unspecified atom stereocenters. The zero-order valence-electron chi connectivity index (χ0n) is 18.9. The monoisotopic (exact) mass is 495 g/mol. The van der Waals surface area contributed by atoms with E-state index in [-0.39, 0.29) is 24.8 Å². The third kappa shape index (κ3) is 6.09. The van der Waals surface area contributed by atoms with Gasteiger partial charge >= 0.3 is 17.9 Å². The molecule has 0 saturated heterocycles. The minimum absolute atomic E-state index is 0.133. The van der Waals surface area contributed by atoms with Gasteiger partial charge in [-0.05, 0) is 77.6 Å². The molecule has 2 rings (SSSR count). The summed E-state index contributed by atoms with van der Waals surface area (Å²) in [5.74, 6) is -1.79. The van der Waals surface area contributed by atoms with Gasteiger partial charge in [0.25, 0.3) is 0 Å². The molecule has 0 aliphatic heterocycles. The molecule has 1 aliphatic rings. The predicted octanol–water partition coefficient (Wildman–Crippen LogP) is 4.55. The van der Waals surface area contributed by atoms with E-state index in [4.69, 9.17) is 14.2 Å². The van der Waals surface area contributed by atoms with Gasteiger partial charge in [0.15, 0.2) is 5.57 Å².